The van der Waals surface area contributed by atoms with E-state index in [1.54, 1.807) is 14.2 Å². The predicted molar refractivity (Wildman–Crippen MR) is 61.4 cm³/mol. The van der Waals surface area contributed by atoms with Gasteiger partial charge in [-0.2, -0.15) is 0 Å². The van der Waals surface area contributed by atoms with E-state index in [9.17, 15) is 4.79 Å². The van der Waals surface area contributed by atoms with E-state index in [0.29, 0.717) is 13.2 Å². The summed E-state index contributed by atoms with van der Waals surface area (Å²) in [4.78, 5) is 13.4. The van der Waals surface area contributed by atoms with Crippen LogP contribution in [0.3, 0.4) is 0 Å². The quantitative estimate of drug-likeness (QED) is 0.429. The minimum atomic E-state index is -0.239. The topological polar surface area (TPSA) is 48.0 Å². The Labute approximate surface area is 97.7 Å². The lowest BCUT2D eigenvalue weighted by Crippen LogP contribution is -2.42. The molecule has 0 aromatic carbocycles. The number of hydrogen-bond donors (Lipinski definition) is 0. The van der Waals surface area contributed by atoms with Gasteiger partial charge in [-0.05, 0) is 13.3 Å². The van der Waals surface area contributed by atoms with Gasteiger partial charge in [0.15, 0.2) is 0 Å². The molecule has 0 amide bonds. The molecule has 0 spiro atoms. The first kappa shape index (κ1) is 15.3. The summed E-state index contributed by atoms with van der Waals surface area (Å²) < 4.78 is 14.7. The van der Waals surface area contributed by atoms with Crippen molar-refractivity contribution in [1.29, 1.82) is 0 Å². The lowest BCUT2D eigenvalue weighted by atomic mass is 10.2. The van der Waals surface area contributed by atoms with E-state index >= 15 is 0 Å². The third-order valence-corrected chi connectivity index (χ3v) is 2.47. The number of carbonyl (C=O) groups excluding carboxylic acids is 1. The number of nitrogens with zero attached hydrogens (tertiary/aromatic N) is 1. The Morgan fingerprint density at radius 1 is 1.12 bits per heavy atom. The van der Waals surface area contributed by atoms with Gasteiger partial charge in [-0.3, -0.25) is 9.69 Å². The Morgan fingerprint density at radius 3 is 2.25 bits per heavy atom. The summed E-state index contributed by atoms with van der Waals surface area (Å²) in [7, 11) is 4.72. The van der Waals surface area contributed by atoms with E-state index in [1.807, 2.05) is 11.8 Å². The minimum Gasteiger partial charge on any atom is -0.468 e. The molecule has 0 bridgehead atoms. The predicted octanol–water partition coefficient (Wildman–Crippen LogP) is 0.533. The second-order valence-corrected chi connectivity index (χ2v) is 3.57. The zero-order valence-corrected chi connectivity index (χ0v) is 10.7. The number of carbonyl (C=O) groups is 1. The molecule has 0 heterocycles. The van der Waals surface area contributed by atoms with Crippen LogP contribution in [0.5, 0.6) is 0 Å². The maximum atomic E-state index is 11.4. The summed E-state index contributed by atoms with van der Waals surface area (Å²) in [6.07, 6.45) is 0.890. The standard InChI is InChI=1S/C11H23NO4/c1-10(11(13)16-4)12(7-9-15-3)6-5-8-14-2/h10H,5-9H2,1-4H3. The van der Waals surface area contributed by atoms with Gasteiger partial charge in [-0.15, -0.1) is 0 Å². The van der Waals surface area contributed by atoms with Gasteiger partial charge in [-0.1, -0.05) is 0 Å². The van der Waals surface area contributed by atoms with Gasteiger partial charge in [-0.25, -0.2) is 0 Å². The highest BCUT2D eigenvalue weighted by atomic mass is 16.5. The first-order chi connectivity index (χ1) is 7.67. The molecule has 1 atom stereocenters. The van der Waals surface area contributed by atoms with E-state index < -0.39 is 0 Å². The molecule has 0 fully saturated rings. The molecule has 0 aromatic heterocycles. The van der Waals surface area contributed by atoms with Crippen LogP contribution in [0.25, 0.3) is 0 Å². The highest BCUT2D eigenvalue weighted by Gasteiger charge is 2.20. The molecule has 0 saturated carbocycles. The highest BCUT2D eigenvalue weighted by molar-refractivity contribution is 5.75. The maximum Gasteiger partial charge on any atom is 0.322 e. The first-order valence-electron chi connectivity index (χ1n) is 5.47. The van der Waals surface area contributed by atoms with E-state index in [0.717, 1.165) is 19.5 Å². The van der Waals surface area contributed by atoms with Gasteiger partial charge >= 0.3 is 5.97 Å². The van der Waals surface area contributed by atoms with Crippen LogP contribution in [0.2, 0.25) is 0 Å². The summed E-state index contributed by atoms with van der Waals surface area (Å²) in [5.41, 5.74) is 0. The van der Waals surface area contributed by atoms with Crippen molar-refractivity contribution in [3.05, 3.63) is 0 Å². The van der Waals surface area contributed by atoms with Crippen LogP contribution in [0.4, 0.5) is 0 Å². The van der Waals surface area contributed by atoms with Crippen LogP contribution in [-0.4, -0.2) is 64.5 Å². The Balaban J connectivity index is 4.11. The number of hydrogen-bond acceptors (Lipinski definition) is 5. The zero-order chi connectivity index (χ0) is 12.4. The van der Waals surface area contributed by atoms with Crippen LogP contribution in [0.15, 0.2) is 0 Å². The fourth-order valence-electron chi connectivity index (χ4n) is 1.44. The first-order valence-corrected chi connectivity index (χ1v) is 5.47. The average molecular weight is 233 g/mol. The third-order valence-electron chi connectivity index (χ3n) is 2.47. The average Bonchev–Trinajstić information content (AvgIpc) is 2.31. The minimum absolute atomic E-state index is 0.214. The molecule has 0 aliphatic rings. The number of esters is 1. The molecule has 0 aromatic rings. The third kappa shape index (κ3) is 6.05. The number of rotatable bonds is 9. The molecule has 5 heteroatoms. The molecule has 0 rings (SSSR count). The van der Waals surface area contributed by atoms with Crippen molar-refractivity contribution in [3.8, 4) is 0 Å². The Hall–Kier alpha value is -0.650. The summed E-state index contributed by atoms with van der Waals surface area (Å²) in [5, 5.41) is 0. The summed E-state index contributed by atoms with van der Waals surface area (Å²) in [5.74, 6) is -0.214. The summed E-state index contributed by atoms with van der Waals surface area (Å²) in [6.45, 7) is 4.66. The maximum absolute atomic E-state index is 11.4. The van der Waals surface area contributed by atoms with E-state index in [1.165, 1.54) is 7.11 Å². The molecular weight excluding hydrogens is 210 g/mol. The molecule has 96 valence electrons. The van der Waals surface area contributed by atoms with Gasteiger partial charge in [0.2, 0.25) is 0 Å². The number of ether oxygens (including phenoxy) is 3. The lowest BCUT2D eigenvalue weighted by molar-refractivity contribution is -0.146. The van der Waals surface area contributed by atoms with Crippen molar-refractivity contribution in [1.82, 2.24) is 4.90 Å². The van der Waals surface area contributed by atoms with Gasteiger partial charge in [0.05, 0.1) is 13.7 Å². The lowest BCUT2D eigenvalue weighted by Gasteiger charge is -2.26. The van der Waals surface area contributed by atoms with Crippen molar-refractivity contribution in [2.24, 2.45) is 0 Å². The molecule has 1 unspecified atom stereocenters. The van der Waals surface area contributed by atoms with Crippen LogP contribution in [0, 0.1) is 0 Å². The largest absolute Gasteiger partial charge is 0.468 e. The second-order valence-electron chi connectivity index (χ2n) is 3.57. The molecule has 0 aliphatic heterocycles. The molecule has 0 saturated heterocycles. The van der Waals surface area contributed by atoms with Crippen molar-refractivity contribution < 1.29 is 19.0 Å². The van der Waals surface area contributed by atoms with Gasteiger partial charge in [0, 0.05) is 33.9 Å². The van der Waals surface area contributed by atoms with Crippen LogP contribution < -0.4 is 0 Å². The molecule has 5 nitrogen and oxygen atoms in total. The normalized spacial score (nSPS) is 12.8. The zero-order valence-electron chi connectivity index (χ0n) is 10.7. The number of methoxy groups -OCH3 is 3. The Kier molecular flexibility index (Phi) is 9.18. The van der Waals surface area contributed by atoms with E-state index in [-0.39, 0.29) is 12.0 Å². The van der Waals surface area contributed by atoms with Crippen molar-refractivity contribution in [2.45, 2.75) is 19.4 Å². The SMILES string of the molecule is COCCCN(CCOC)C(C)C(=O)OC. The van der Waals surface area contributed by atoms with E-state index in [4.69, 9.17) is 14.2 Å². The van der Waals surface area contributed by atoms with Crippen molar-refractivity contribution in [3.63, 3.8) is 0 Å². The Morgan fingerprint density at radius 2 is 1.75 bits per heavy atom. The molecule has 0 aliphatic carbocycles. The monoisotopic (exact) mass is 233 g/mol. The Bertz CT molecular complexity index is 187. The van der Waals surface area contributed by atoms with E-state index in [2.05, 4.69) is 0 Å². The molecule has 0 radical (unpaired) electrons. The van der Waals surface area contributed by atoms with Gasteiger partial charge in [0.25, 0.3) is 0 Å². The smallest absolute Gasteiger partial charge is 0.322 e. The van der Waals surface area contributed by atoms with Crippen molar-refractivity contribution in [2.75, 3.05) is 47.6 Å². The fourth-order valence-corrected chi connectivity index (χ4v) is 1.44. The molecule has 0 N–H and O–H groups in total. The second kappa shape index (κ2) is 9.57. The highest BCUT2D eigenvalue weighted by Crippen LogP contribution is 2.02. The van der Waals surface area contributed by atoms with Crippen molar-refractivity contribution >= 4 is 5.97 Å². The molecule has 16 heavy (non-hydrogen) atoms. The van der Waals surface area contributed by atoms with Crippen LogP contribution >= 0.6 is 0 Å². The summed E-state index contributed by atoms with van der Waals surface area (Å²) in [6, 6.07) is -0.239. The fraction of sp³-hybridized carbons (Fsp3) is 0.909. The van der Waals surface area contributed by atoms with Crippen LogP contribution in [-0.2, 0) is 19.0 Å². The van der Waals surface area contributed by atoms with Gasteiger partial charge in [0.1, 0.15) is 6.04 Å². The van der Waals surface area contributed by atoms with Gasteiger partial charge < -0.3 is 14.2 Å². The van der Waals surface area contributed by atoms with Crippen LogP contribution in [0.1, 0.15) is 13.3 Å². The molecular formula is C11H23NO4. The summed E-state index contributed by atoms with van der Waals surface area (Å²) >= 11 is 0.